The summed E-state index contributed by atoms with van der Waals surface area (Å²) in [7, 11) is 0. The van der Waals surface area contributed by atoms with Crippen LogP contribution in [-0.4, -0.2) is 11.9 Å². The van der Waals surface area contributed by atoms with Crippen LogP contribution in [0, 0.1) is 17.1 Å². The average Bonchev–Trinajstić information content (AvgIpc) is 3.22. The quantitative estimate of drug-likeness (QED) is 0.667. The smallest absolute Gasteiger partial charge is 0.340 e. The second-order valence-electron chi connectivity index (χ2n) is 5.51. The zero-order valence-electron chi connectivity index (χ0n) is 13.9. The normalized spacial score (nSPS) is 10.1. The van der Waals surface area contributed by atoms with Crippen LogP contribution in [0.15, 0.2) is 59.3 Å². The van der Waals surface area contributed by atoms with Gasteiger partial charge in [-0.3, -0.25) is 4.79 Å². The molecule has 0 aliphatic carbocycles. The van der Waals surface area contributed by atoms with Crippen LogP contribution in [0.25, 0.3) is 0 Å². The third kappa shape index (κ3) is 4.37. The number of nitrogens with one attached hydrogen (secondary N) is 1. The van der Waals surface area contributed by atoms with E-state index in [1.165, 1.54) is 29.5 Å². The SMILES string of the molecule is N#Cc1ccc(F)c(COC(=O)c2ccccc2NC(=O)c2ccsc2)c1. The number of ether oxygens (including phenoxy) is 1. The predicted octanol–water partition coefficient (Wildman–Crippen LogP) is 4.37. The molecule has 3 aromatic rings. The van der Waals surface area contributed by atoms with Gasteiger partial charge >= 0.3 is 5.97 Å². The molecule has 5 nitrogen and oxygen atoms in total. The maximum atomic E-state index is 13.8. The number of nitrogens with zero attached hydrogens (tertiary/aromatic N) is 1. The number of nitriles is 1. The zero-order chi connectivity index (χ0) is 19.2. The van der Waals surface area contributed by atoms with E-state index in [0.29, 0.717) is 11.3 Å². The van der Waals surface area contributed by atoms with Crippen molar-refractivity contribution < 1.29 is 18.7 Å². The second kappa shape index (κ2) is 8.25. The van der Waals surface area contributed by atoms with E-state index in [9.17, 15) is 14.0 Å². The summed E-state index contributed by atoms with van der Waals surface area (Å²) in [6, 6.07) is 13.8. The van der Waals surface area contributed by atoms with E-state index in [4.69, 9.17) is 10.00 Å². The van der Waals surface area contributed by atoms with Gasteiger partial charge in [-0.05, 0) is 41.8 Å². The van der Waals surface area contributed by atoms with E-state index in [-0.39, 0.29) is 29.2 Å². The number of esters is 1. The first-order valence-electron chi connectivity index (χ1n) is 7.86. The summed E-state index contributed by atoms with van der Waals surface area (Å²) in [6.45, 7) is -0.326. The lowest BCUT2D eigenvalue weighted by Gasteiger charge is -2.11. The lowest BCUT2D eigenvalue weighted by atomic mass is 10.1. The second-order valence-corrected chi connectivity index (χ2v) is 6.29. The minimum atomic E-state index is -0.710. The molecule has 2 aromatic carbocycles. The lowest BCUT2D eigenvalue weighted by molar-refractivity contribution is 0.0470. The molecule has 0 bridgehead atoms. The summed E-state index contributed by atoms with van der Waals surface area (Å²) >= 11 is 1.39. The first kappa shape index (κ1) is 18.3. The van der Waals surface area contributed by atoms with Gasteiger partial charge in [-0.15, -0.1) is 0 Å². The number of carbonyl (C=O) groups excluding carboxylic acids is 2. The Hall–Kier alpha value is -3.50. The third-order valence-corrected chi connectivity index (χ3v) is 4.40. The van der Waals surface area contributed by atoms with Crippen LogP contribution in [-0.2, 0) is 11.3 Å². The van der Waals surface area contributed by atoms with E-state index >= 15 is 0 Å². The van der Waals surface area contributed by atoms with E-state index in [0.717, 1.165) is 6.07 Å². The first-order valence-corrected chi connectivity index (χ1v) is 8.81. The maximum absolute atomic E-state index is 13.8. The Kier molecular flexibility index (Phi) is 5.59. The van der Waals surface area contributed by atoms with Crippen molar-refractivity contribution in [1.29, 1.82) is 5.26 Å². The van der Waals surface area contributed by atoms with Crippen molar-refractivity contribution in [2.45, 2.75) is 6.61 Å². The molecule has 0 radical (unpaired) electrons. The van der Waals surface area contributed by atoms with Gasteiger partial charge in [0.15, 0.2) is 0 Å². The number of anilines is 1. The first-order chi connectivity index (χ1) is 13.1. The van der Waals surface area contributed by atoms with E-state index < -0.39 is 11.8 Å². The van der Waals surface area contributed by atoms with Crippen molar-refractivity contribution in [1.82, 2.24) is 0 Å². The van der Waals surface area contributed by atoms with Gasteiger partial charge < -0.3 is 10.1 Å². The van der Waals surface area contributed by atoms with E-state index in [1.807, 2.05) is 6.07 Å². The van der Waals surface area contributed by atoms with Gasteiger partial charge in [0.2, 0.25) is 0 Å². The molecule has 0 unspecified atom stereocenters. The molecule has 0 saturated carbocycles. The van der Waals surface area contributed by atoms with Gasteiger partial charge in [-0.25, -0.2) is 9.18 Å². The highest BCUT2D eigenvalue weighted by Crippen LogP contribution is 2.19. The molecule has 1 aromatic heterocycles. The largest absolute Gasteiger partial charge is 0.457 e. The predicted molar refractivity (Wildman–Crippen MR) is 98.9 cm³/mol. The molecular formula is C20H13FN2O3S. The Morgan fingerprint density at radius 2 is 2.00 bits per heavy atom. The van der Waals surface area contributed by atoms with Gasteiger partial charge in [0.25, 0.3) is 5.91 Å². The topological polar surface area (TPSA) is 79.2 Å². The summed E-state index contributed by atoms with van der Waals surface area (Å²) in [5.41, 5.74) is 1.30. The number of thiophene rings is 1. The molecule has 1 N–H and O–H groups in total. The molecule has 27 heavy (non-hydrogen) atoms. The highest BCUT2D eigenvalue weighted by atomic mass is 32.1. The minimum Gasteiger partial charge on any atom is -0.457 e. The van der Waals surface area contributed by atoms with Crippen molar-refractivity contribution in [2.75, 3.05) is 5.32 Å². The number of para-hydroxylation sites is 1. The number of hydrogen-bond acceptors (Lipinski definition) is 5. The summed E-state index contributed by atoms with van der Waals surface area (Å²) in [6.07, 6.45) is 0. The van der Waals surface area contributed by atoms with Crippen molar-refractivity contribution >= 4 is 28.9 Å². The molecule has 1 amide bonds. The number of halogens is 1. The number of carbonyl (C=O) groups is 2. The fourth-order valence-electron chi connectivity index (χ4n) is 2.33. The molecule has 0 aliphatic heterocycles. The molecule has 0 saturated heterocycles. The van der Waals surface area contributed by atoms with Gasteiger partial charge in [0.05, 0.1) is 28.4 Å². The minimum absolute atomic E-state index is 0.0992. The number of amides is 1. The Morgan fingerprint density at radius 1 is 1.19 bits per heavy atom. The Morgan fingerprint density at radius 3 is 2.74 bits per heavy atom. The van der Waals surface area contributed by atoms with Gasteiger partial charge in [0, 0.05) is 10.9 Å². The molecular weight excluding hydrogens is 367 g/mol. The number of rotatable bonds is 5. The highest BCUT2D eigenvalue weighted by Gasteiger charge is 2.16. The van der Waals surface area contributed by atoms with E-state index in [2.05, 4.69) is 5.32 Å². The Balaban J connectivity index is 1.74. The summed E-state index contributed by atoms with van der Waals surface area (Å²) in [4.78, 5) is 24.6. The molecule has 0 atom stereocenters. The summed E-state index contributed by atoms with van der Waals surface area (Å²) in [5.74, 6) is -1.62. The third-order valence-electron chi connectivity index (χ3n) is 3.71. The van der Waals surface area contributed by atoms with Crippen molar-refractivity contribution in [3.05, 3.63) is 87.4 Å². The van der Waals surface area contributed by atoms with Crippen molar-refractivity contribution in [3.8, 4) is 6.07 Å². The van der Waals surface area contributed by atoms with Gasteiger partial charge in [-0.1, -0.05) is 12.1 Å². The van der Waals surface area contributed by atoms with Crippen LogP contribution in [0.2, 0.25) is 0 Å². The molecule has 1 heterocycles. The van der Waals surface area contributed by atoms with Crippen LogP contribution in [0.1, 0.15) is 31.8 Å². The maximum Gasteiger partial charge on any atom is 0.340 e. The monoisotopic (exact) mass is 380 g/mol. The molecule has 0 aliphatic rings. The van der Waals surface area contributed by atoms with Crippen LogP contribution in [0.5, 0.6) is 0 Å². The molecule has 3 rings (SSSR count). The summed E-state index contributed by atoms with van der Waals surface area (Å²) in [5, 5.41) is 15.0. The number of benzene rings is 2. The van der Waals surface area contributed by atoms with Crippen molar-refractivity contribution in [2.24, 2.45) is 0 Å². The zero-order valence-corrected chi connectivity index (χ0v) is 14.8. The Bertz CT molecular complexity index is 1030. The standard InChI is InChI=1S/C20H13FN2O3S/c21-17-6-5-13(10-22)9-15(17)11-26-20(25)16-3-1-2-4-18(16)23-19(24)14-7-8-27-12-14/h1-9,12H,11H2,(H,23,24). The van der Waals surface area contributed by atoms with Gasteiger partial charge in [0.1, 0.15) is 12.4 Å². The highest BCUT2D eigenvalue weighted by molar-refractivity contribution is 7.08. The van der Waals surface area contributed by atoms with Crippen LogP contribution >= 0.6 is 11.3 Å². The van der Waals surface area contributed by atoms with E-state index in [1.54, 1.807) is 35.0 Å². The molecule has 0 spiro atoms. The fourth-order valence-corrected chi connectivity index (χ4v) is 2.97. The van der Waals surface area contributed by atoms with Crippen LogP contribution < -0.4 is 5.32 Å². The average molecular weight is 380 g/mol. The fraction of sp³-hybridized carbons (Fsp3) is 0.0500. The number of hydrogen-bond donors (Lipinski definition) is 1. The molecule has 7 heteroatoms. The summed E-state index contributed by atoms with van der Waals surface area (Å²) < 4.78 is 19.0. The van der Waals surface area contributed by atoms with Crippen molar-refractivity contribution in [3.63, 3.8) is 0 Å². The molecule has 0 fully saturated rings. The Labute approximate surface area is 158 Å². The lowest BCUT2D eigenvalue weighted by Crippen LogP contribution is -2.15. The van der Waals surface area contributed by atoms with Crippen LogP contribution in [0.4, 0.5) is 10.1 Å². The van der Waals surface area contributed by atoms with Gasteiger partial charge in [-0.2, -0.15) is 16.6 Å². The van der Waals surface area contributed by atoms with Crippen LogP contribution in [0.3, 0.4) is 0 Å². The molecule has 134 valence electrons.